The third-order valence-corrected chi connectivity index (χ3v) is 5.01. The molecule has 0 fully saturated rings. The van der Waals surface area contributed by atoms with Gasteiger partial charge in [0.2, 0.25) is 11.8 Å². The second kappa shape index (κ2) is 14.5. The van der Waals surface area contributed by atoms with Crippen molar-refractivity contribution >= 4 is 41.3 Å². The van der Waals surface area contributed by atoms with Gasteiger partial charge >= 0.3 is 5.97 Å². The number of anilines is 2. The van der Waals surface area contributed by atoms with Gasteiger partial charge in [-0.05, 0) is 67.1 Å². The molecule has 0 aliphatic rings. The van der Waals surface area contributed by atoms with Gasteiger partial charge in [-0.25, -0.2) is 10.2 Å². The Morgan fingerprint density at radius 2 is 1.51 bits per heavy atom. The normalized spacial score (nSPS) is 10.4. The topological polar surface area (TPSA) is 144 Å². The monoisotopic (exact) mass is 532 g/mol. The van der Waals surface area contributed by atoms with Gasteiger partial charge in [0.25, 0.3) is 5.91 Å². The number of methoxy groups -OCH3 is 1. The first-order chi connectivity index (χ1) is 18.9. The first-order valence-corrected chi connectivity index (χ1v) is 11.9. The van der Waals surface area contributed by atoms with E-state index in [2.05, 4.69) is 21.2 Å². The van der Waals surface area contributed by atoms with E-state index in [0.29, 0.717) is 34.0 Å². The van der Waals surface area contributed by atoms with Crippen molar-refractivity contribution in [1.82, 2.24) is 5.43 Å². The minimum Gasteiger partial charge on any atom is -0.493 e. The van der Waals surface area contributed by atoms with Crippen molar-refractivity contribution in [2.75, 3.05) is 31.0 Å². The molecule has 11 nitrogen and oxygen atoms in total. The fourth-order valence-corrected chi connectivity index (χ4v) is 3.22. The van der Waals surface area contributed by atoms with E-state index in [1.165, 1.54) is 13.3 Å². The zero-order chi connectivity index (χ0) is 28.0. The molecule has 39 heavy (non-hydrogen) atoms. The molecule has 0 unspecified atom stereocenters. The number of carbonyl (C=O) groups is 4. The summed E-state index contributed by atoms with van der Waals surface area (Å²) in [7, 11) is 1.45. The van der Waals surface area contributed by atoms with Crippen LogP contribution in [-0.4, -0.2) is 50.2 Å². The molecule has 0 spiro atoms. The molecule has 0 heterocycles. The number of hydrazone groups is 1. The molecule has 0 aromatic heterocycles. The highest BCUT2D eigenvalue weighted by Crippen LogP contribution is 2.27. The van der Waals surface area contributed by atoms with Crippen molar-refractivity contribution in [3.05, 3.63) is 83.9 Å². The summed E-state index contributed by atoms with van der Waals surface area (Å²) in [5, 5.41) is 9.16. The average molecular weight is 533 g/mol. The number of para-hydroxylation sites is 1. The molecule has 3 N–H and O–H groups in total. The number of hydrogen-bond acceptors (Lipinski definition) is 8. The van der Waals surface area contributed by atoms with Gasteiger partial charge < -0.3 is 24.8 Å². The summed E-state index contributed by atoms with van der Waals surface area (Å²) < 4.78 is 15.8. The maximum absolute atomic E-state index is 12.3. The Labute approximate surface area is 225 Å². The van der Waals surface area contributed by atoms with Crippen molar-refractivity contribution in [1.29, 1.82) is 0 Å². The van der Waals surface area contributed by atoms with Crippen LogP contribution in [0.5, 0.6) is 11.5 Å². The van der Waals surface area contributed by atoms with E-state index < -0.39 is 23.7 Å². The number of hydrogen-bond donors (Lipinski definition) is 3. The lowest BCUT2D eigenvalue weighted by molar-refractivity contribution is -0.126. The van der Waals surface area contributed by atoms with Crippen LogP contribution >= 0.6 is 0 Å². The molecule has 202 valence electrons. The molecule has 3 rings (SSSR count). The first kappa shape index (κ1) is 28.4. The zero-order valence-electron chi connectivity index (χ0n) is 21.4. The highest BCUT2D eigenvalue weighted by molar-refractivity contribution is 6.03. The van der Waals surface area contributed by atoms with Crippen molar-refractivity contribution < 1.29 is 33.4 Å². The lowest BCUT2D eigenvalue weighted by Gasteiger charge is -2.11. The Balaban J connectivity index is 1.47. The van der Waals surface area contributed by atoms with Crippen molar-refractivity contribution in [2.45, 2.75) is 13.3 Å². The Morgan fingerprint density at radius 1 is 0.821 bits per heavy atom. The molecule has 3 aromatic rings. The van der Waals surface area contributed by atoms with Gasteiger partial charge in [0.05, 0.1) is 25.5 Å². The SMILES string of the molecule is CCOC(=O)c1ccc(NC(=O)COc2ccc(C=NNC(=O)CC(=O)Nc3ccccc3)cc2OC)cc1. The van der Waals surface area contributed by atoms with E-state index in [-0.39, 0.29) is 19.6 Å². The maximum atomic E-state index is 12.3. The highest BCUT2D eigenvalue weighted by atomic mass is 16.5. The number of nitrogens with one attached hydrogen (secondary N) is 3. The van der Waals surface area contributed by atoms with Crippen LogP contribution in [0.3, 0.4) is 0 Å². The van der Waals surface area contributed by atoms with Gasteiger partial charge in [-0.15, -0.1) is 0 Å². The molecule has 0 radical (unpaired) electrons. The Kier molecular flexibility index (Phi) is 10.6. The third-order valence-electron chi connectivity index (χ3n) is 5.01. The van der Waals surface area contributed by atoms with Crippen LogP contribution < -0.4 is 25.5 Å². The molecule has 0 saturated carbocycles. The average Bonchev–Trinajstić information content (AvgIpc) is 2.93. The number of amides is 3. The Hall–Kier alpha value is -5.19. The zero-order valence-corrected chi connectivity index (χ0v) is 21.4. The summed E-state index contributed by atoms with van der Waals surface area (Å²) in [5.41, 5.74) is 4.35. The quantitative estimate of drug-likeness (QED) is 0.140. The number of carbonyl (C=O) groups excluding carboxylic acids is 4. The van der Waals surface area contributed by atoms with Crippen molar-refractivity contribution in [2.24, 2.45) is 5.10 Å². The third kappa shape index (κ3) is 9.32. The molecule has 0 bridgehead atoms. The van der Waals surface area contributed by atoms with E-state index in [1.807, 2.05) is 6.07 Å². The minimum absolute atomic E-state index is 0.276. The number of ether oxygens (including phenoxy) is 3. The lowest BCUT2D eigenvalue weighted by atomic mass is 10.2. The van der Waals surface area contributed by atoms with Crippen LogP contribution in [0.1, 0.15) is 29.3 Å². The maximum Gasteiger partial charge on any atom is 0.338 e. The second-order valence-electron chi connectivity index (χ2n) is 7.93. The summed E-state index contributed by atoms with van der Waals surface area (Å²) in [6.07, 6.45) is 0.992. The largest absolute Gasteiger partial charge is 0.493 e. The Morgan fingerprint density at radius 3 is 2.21 bits per heavy atom. The minimum atomic E-state index is -0.576. The number of rotatable bonds is 12. The van der Waals surface area contributed by atoms with Crippen molar-refractivity contribution in [3.63, 3.8) is 0 Å². The second-order valence-corrected chi connectivity index (χ2v) is 7.93. The van der Waals surface area contributed by atoms with Gasteiger partial charge in [-0.2, -0.15) is 5.10 Å². The number of esters is 1. The summed E-state index contributed by atoms with van der Waals surface area (Å²) in [4.78, 5) is 47.9. The molecule has 0 aliphatic carbocycles. The number of nitrogens with zero attached hydrogens (tertiary/aromatic N) is 1. The van der Waals surface area contributed by atoms with Gasteiger partial charge in [-0.3, -0.25) is 14.4 Å². The standard InChI is InChI=1S/C28H28N4O7/c1-3-38-28(36)20-10-12-22(13-11-20)31-27(35)18-39-23-14-9-19(15-24(23)37-2)17-29-32-26(34)16-25(33)30-21-7-5-4-6-8-21/h4-15,17H,3,16,18H2,1-2H3,(H,30,33)(H,31,35)(H,32,34). The van der Waals surface area contributed by atoms with Gasteiger partial charge in [0.15, 0.2) is 18.1 Å². The molecule has 11 heteroatoms. The van der Waals surface area contributed by atoms with Crippen LogP contribution in [-0.2, 0) is 19.1 Å². The molecular weight excluding hydrogens is 504 g/mol. The van der Waals surface area contributed by atoms with Crippen LogP contribution in [0.2, 0.25) is 0 Å². The summed E-state index contributed by atoms with van der Waals surface area (Å²) in [6.45, 7) is 1.71. The molecule has 0 saturated heterocycles. The van der Waals surface area contributed by atoms with Crippen LogP contribution in [0.4, 0.5) is 11.4 Å². The van der Waals surface area contributed by atoms with Crippen LogP contribution in [0.15, 0.2) is 77.9 Å². The van der Waals surface area contributed by atoms with Gasteiger partial charge in [-0.1, -0.05) is 18.2 Å². The van der Waals surface area contributed by atoms with Crippen LogP contribution in [0.25, 0.3) is 0 Å². The van der Waals surface area contributed by atoms with Gasteiger partial charge in [0, 0.05) is 11.4 Å². The van der Waals surface area contributed by atoms with E-state index in [1.54, 1.807) is 73.7 Å². The van der Waals surface area contributed by atoms with E-state index in [0.717, 1.165) is 0 Å². The Bertz CT molecular complexity index is 1330. The van der Waals surface area contributed by atoms with E-state index in [9.17, 15) is 19.2 Å². The van der Waals surface area contributed by atoms with Gasteiger partial charge in [0.1, 0.15) is 6.42 Å². The molecule has 0 atom stereocenters. The smallest absolute Gasteiger partial charge is 0.338 e. The van der Waals surface area contributed by atoms with Crippen molar-refractivity contribution in [3.8, 4) is 11.5 Å². The fraction of sp³-hybridized carbons (Fsp3) is 0.179. The molecule has 3 amide bonds. The summed E-state index contributed by atoms with van der Waals surface area (Å²) in [5.74, 6) is -1.22. The van der Waals surface area contributed by atoms with Crippen LogP contribution in [0, 0.1) is 0 Å². The molecular formula is C28H28N4O7. The van der Waals surface area contributed by atoms with E-state index in [4.69, 9.17) is 14.2 Å². The summed E-state index contributed by atoms with van der Waals surface area (Å²) in [6, 6.07) is 19.9. The predicted octanol–water partition coefficient (Wildman–Crippen LogP) is 3.37. The predicted molar refractivity (Wildman–Crippen MR) is 145 cm³/mol. The first-order valence-electron chi connectivity index (χ1n) is 11.9. The summed E-state index contributed by atoms with van der Waals surface area (Å²) >= 11 is 0. The lowest BCUT2D eigenvalue weighted by Crippen LogP contribution is -2.24. The molecule has 3 aromatic carbocycles. The number of benzene rings is 3. The molecule has 0 aliphatic heterocycles. The highest BCUT2D eigenvalue weighted by Gasteiger charge is 2.11. The fourth-order valence-electron chi connectivity index (χ4n) is 3.22. The van der Waals surface area contributed by atoms with E-state index >= 15 is 0 Å².